The Balaban J connectivity index is 2.42. The Morgan fingerprint density at radius 3 is 2.92 bits per heavy atom. The summed E-state index contributed by atoms with van der Waals surface area (Å²) in [5.41, 5.74) is 4.42. The third-order valence-corrected chi connectivity index (χ3v) is 2.85. The predicted octanol–water partition coefficient (Wildman–Crippen LogP) is 3.28. The highest BCUT2D eigenvalue weighted by atomic mass is 14.9. The van der Waals surface area contributed by atoms with Crippen molar-refractivity contribution in [1.82, 2.24) is 0 Å². The number of rotatable bonds is 0. The maximum atomic E-state index is 4.76. The molecule has 0 fully saturated rings. The fourth-order valence-electron chi connectivity index (χ4n) is 2.40. The number of fused-ring (bicyclic) bond motifs is 2. The SMILES string of the molecule is CC1=CCC2(C)CC(=C1)CC(C)=N2. The Morgan fingerprint density at radius 2 is 2.15 bits per heavy atom. The molecular weight excluding hydrogens is 158 g/mol. The van der Waals surface area contributed by atoms with Crippen molar-refractivity contribution in [2.75, 3.05) is 0 Å². The molecule has 0 radical (unpaired) electrons. The average molecular weight is 175 g/mol. The zero-order valence-electron chi connectivity index (χ0n) is 8.72. The lowest BCUT2D eigenvalue weighted by Crippen LogP contribution is -2.27. The molecule has 1 atom stereocenters. The Labute approximate surface area is 80.3 Å². The van der Waals surface area contributed by atoms with Crippen LogP contribution in [0.15, 0.2) is 28.3 Å². The van der Waals surface area contributed by atoms with E-state index in [1.54, 1.807) is 5.57 Å². The number of hydrogen-bond donors (Lipinski definition) is 0. The van der Waals surface area contributed by atoms with Crippen LogP contribution in [-0.4, -0.2) is 11.3 Å². The summed E-state index contributed by atoms with van der Waals surface area (Å²) in [6.07, 6.45) is 7.98. The van der Waals surface area contributed by atoms with Crippen LogP contribution in [0.1, 0.15) is 40.0 Å². The van der Waals surface area contributed by atoms with Crippen molar-refractivity contribution in [3.63, 3.8) is 0 Å². The summed E-state index contributed by atoms with van der Waals surface area (Å²) in [7, 11) is 0. The lowest BCUT2D eigenvalue weighted by Gasteiger charge is -2.29. The molecule has 2 aliphatic rings. The number of aliphatic imine (C=N–C) groups is 1. The Hall–Kier alpha value is -0.850. The quantitative estimate of drug-likeness (QED) is 0.536. The van der Waals surface area contributed by atoms with E-state index in [0.717, 1.165) is 19.3 Å². The maximum absolute atomic E-state index is 4.76. The van der Waals surface area contributed by atoms with Crippen molar-refractivity contribution < 1.29 is 0 Å². The van der Waals surface area contributed by atoms with Gasteiger partial charge in [-0.15, -0.1) is 0 Å². The molecule has 0 amide bonds. The molecule has 0 aromatic rings. The molecule has 1 aliphatic heterocycles. The van der Waals surface area contributed by atoms with Gasteiger partial charge >= 0.3 is 0 Å². The molecule has 0 N–H and O–H groups in total. The summed E-state index contributed by atoms with van der Waals surface area (Å²) >= 11 is 0. The second-order valence-corrected chi connectivity index (χ2v) is 4.65. The molecule has 13 heavy (non-hydrogen) atoms. The molecule has 2 rings (SSSR count). The smallest absolute Gasteiger partial charge is 0.0651 e. The molecular formula is C12H17N. The third-order valence-electron chi connectivity index (χ3n) is 2.85. The van der Waals surface area contributed by atoms with Gasteiger partial charge in [-0.2, -0.15) is 0 Å². The van der Waals surface area contributed by atoms with Gasteiger partial charge in [-0.1, -0.05) is 23.3 Å². The standard InChI is InChI=1S/C12H17N/c1-9-4-5-12(3)8-11(6-9)7-10(2)13-12/h4,6H,5,7-8H2,1-3H3. The van der Waals surface area contributed by atoms with Gasteiger partial charge < -0.3 is 0 Å². The van der Waals surface area contributed by atoms with Crippen molar-refractivity contribution in [3.05, 3.63) is 23.3 Å². The molecule has 1 heteroatoms. The first-order valence-electron chi connectivity index (χ1n) is 4.99. The molecule has 1 nitrogen and oxygen atoms in total. The minimum absolute atomic E-state index is 0.159. The van der Waals surface area contributed by atoms with E-state index in [4.69, 9.17) is 4.99 Å². The van der Waals surface area contributed by atoms with Gasteiger partial charge in [0, 0.05) is 12.1 Å². The van der Waals surface area contributed by atoms with Gasteiger partial charge in [0.1, 0.15) is 0 Å². The maximum Gasteiger partial charge on any atom is 0.0651 e. The van der Waals surface area contributed by atoms with Crippen LogP contribution in [-0.2, 0) is 0 Å². The van der Waals surface area contributed by atoms with Gasteiger partial charge in [-0.05, 0) is 33.6 Å². The normalized spacial score (nSPS) is 33.0. The van der Waals surface area contributed by atoms with E-state index < -0.39 is 0 Å². The van der Waals surface area contributed by atoms with Crippen LogP contribution in [0.4, 0.5) is 0 Å². The minimum atomic E-state index is 0.159. The van der Waals surface area contributed by atoms with E-state index >= 15 is 0 Å². The monoisotopic (exact) mass is 175 g/mol. The summed E-state index contributed by atoms with van der Waals surface area (Å²) in [6.45, 7) is 6.59. The van der Waals surface area contributed by atoms with Crippen LogP contribution in [0.25, 0.3) is 0 Å². The minimum Gasteiger partial charge on any atom is -0.287 e. The van der Waals surface area contributed by atoms with Crippen molar-refractivity contribution in [3.8, 4) is 0 Å². The van der Waals surface area contributed by atoms with Crippen LogP contribution < -0.4 is 0 Å². The number of hydrogen-bond acceptors (Lipinski definition) is 1. The van der Waals surface area contributed by atoms with E-state index in [-0.39, 0.29) is 5.54 Å². The topological polar surface area (TPSA) is 12.4 Å². The molecule has 1 aliphatic carbocycles. The summed E-state index contributed by atoms with van der Waals surface area (Å²) in [6, 6.07) is 0. The highest BCUT2D eigenvalue weighted by molar-refractivity contribution is 5.85. The largest absolute Gasteiger partial charge is 0.287 e. The first kappa shape index (κ1) is 8.74. The van der Waals surface area contributed by atoms with E-state index in [1.807, 2.05) is 0 Å². The second-order valence-electron chi connectivity index (χ2n) is 4.65. The molecule has 0 spiro atoms. The molecule has 0 aromatic heterocycles. The van der Waals surface area contributed by atoms with Crippen LogP contribution in [0.5, 0.6) is 0 Å². The molecule has 70 valence electrons. The highest BCUT2D eigenvalue weighted by Crippen LogP contribution is 2.35. The highest BCUT2D eigenvalue weighted by Gasteiger charge is 2.29. The second kappa shape index (κ2) is 2.83. The van der Waals surface area contributed by atoms with Crippen LogP contribution in [0, 0.1) is 0 Å². The Bertz CT molecular complexity index is 320. The van der Waals surface area contributed by atoms with Gasteiger partial charge in [0.2, 0.25) is 0 Å². The van der Waals surface area contributed by atoms with Gasteiger partial charge in [0.25, 0.3) is 0 Å². The zero-order valence-corrected chi connectivity index (χ0v) is 8.72. The lowest BCUT2D eigenvalue weighted by molar-refractivity contribution is 0.461. The average Bonchev–Trinajstić information content (AvgIpc) is 2.07. The Morgan fingerprint density at radius 1 is 1.38 bits per heavy atom. The lowest BCUT2D eigenvalue weighted by atomic mass is 9.86. The van der Waals surface area contributed by atoms with Gasteiger partial charge in [-0.3, -0.25) is 4.99 Å². The fraction of sp³-hybridized carbons (Fsp3) is 0.583. The summed E-state index contributed by atoms with van der Waals surface area (Å²) in [5, 5.41) is 0. The van der Waals surface area contributed by atoms with E-state index in [2.05, 4.69) is 32.9 Å². The molecule has 1 unspecified atom stereocenters. The summed E-state index contributed by atoms with van der Waals surface area (Å²) < 4.78 is 0. The van der Waals surface area contributed by atoms with Crippen molar-refractivity contribution in [2.24, 2.45) is 4.99 Å². The first-order chi connectivity index (χ1) is 6.07. The van der Waals surface area contributed by atoms with E-state index in [9.17, 15) is 0 Å². The van der Waals surface area contributed by atoms with Gasteiger partial charge in [0.05, 0.1) is 5.54 Å². The fourth-order valence-corrected chi connectivity index (χ4v) is 2.40. The van der Waals surface area contributed by atoms with E-state index in [0.29, 0.717) is 0 Å². The van der Waals surface area contributed by atoms with Gasteiger partial charge in [-0.25, -0.2) is 0 Å². The Kier molecular flexibility index (Phi) is 1.90. The van der Waals surface area contributed by atoms with Gasteiger partial charge in [0.15, 0.2) is 0 Å². The van der Waals surface area contributed by atoms with E-state index in [1.165, 1.54) is 11.3 Å². The zero-order chi connectivity index (χ0) is 9.47. The third kappa shape index (κ3) is 1.74. The molecule has 0 saturated carbocycles. The first-order valence-corrected chi connectivity index (χ1v) is 4.99. The molecule has 0 aromatic carbocycles. The van der Waals surface area contributed by atoms with Crippen LogP contribution >= 0.6 is 0 Å². The van der Waals surface area contributed by atoms with Crippen molar-refractivity contribution in [1.29, 1.82) is 0 Å². The predicted molar refractivity (Wildman–Crippen MR) is 57.2 cm³/mol. The van der Waals surface area contributed by atoms with Crippen molar-refractivity contribution >= 4 is 5.71 Å². The molecule has 1 heterocycles. The van der Waals surface area contributed by atoms with Crippen LogP contribution in [0.3, 0.4) is 0 Å². The summed E-state index contributed by atoms with van der Waals surface area (Å²) in [4.78, 5) is 4.76. The van der Waals surface area contributed by atoms with Crippen LogP contribution in [0.2, 0.25) is 0 Å². The summed E-state index contributed by atoms with van der Waals surface area (Å²) in [5.74, 6) is 0. The number of nitrogens with zero attached hydrogens (tertiary/aromatic N) is 1. The molecule has 0 saturated heterocycles. The number of allylic oxidation sites excluding steroid dienone is 2. The van der Waals surface area contributed by atoms with Crippen molar-refractivity contribution in [2.45, 2.75) is 45.6 Å². The molecule has 2 bridgehead atoms.